The summed E-state index contributed by atoms with van der Waals surface area (Å²) in [6.45, 7) is -0.188. The fourth-order valence-electron chi connectivity index (χ4n) is 2.46. The van der Waals surface area contributed by atoms with Crippen LogP contribution in [0.2, 0.25) is 5.02 Å². The van der Waals surface area contributed by atoms with E-state index >= 15 is 0 Å². The molecule has 0 aliphatic rings. The summed E-state index contributed by atoms with van der Waals surface area (Å²) in [5, 5.41) is 32.1. The Kier molecular flexibility index (Phi) is 7.87. The van der Waals surface area contributed by atoms with Crippen LogP contribution in [-0.2, 0) is 11.2 Å². The zero-order valence-electron chi connectivity index (χ0n) is 14.1. The molecule has 2 aromatic rings. The van der Waals surface area contributed by atoms with Crippen LogP contribution in [0.3, 0.4) is 0 Å². The standard InChI is InChI=1S/C19H22ClNO5/c20-15-3-1-2-14(9-15)18(23)10-21-16(11-22)8-13-4-6-17(7-5-13)26-12-19(24)25/h1-7,9,16,18,21-23H,8,10-12H2,(H,24,25). The normalized spacial score (nSPS) is 13.2. The molecule has 0 saturated heterocycles. The van der Waals surface area contributed by atoms with Crippen LogP contribution in [0.4, 0.5) is 0 Å². The summed E-state index contributed by atoms with van der Waals surface area (Å²) in [7, 11) is 0. The second-order valence-electron chi connectivity index (χ2n) is 5.89. The maximum Gasteiger partial charge on any atom is 0.341 e. The molecule has 4 N–H and O–H groups in total. The van der Waals surface area contributed by atoms with Crippen LogP contribution in [0.5, 0.6) is 5.75 Å². The van der Waals surface area contributed by atoms with Crippen molar-refractivity contribution >= 4 is 17.6 Å². The van der Waals surface area contributed by atoms with Crippen molar-refractivity contribution in [1.82, 2.24) is 5.32 Å². The Balaban J connectivity index is 1.85. The summed E-state index contributed by atoms with van der Waals surface area (Å²) in [5.74, 6) is -0.557. The van der Waals surface area contributed by atoms with Crippen LogP contribution in [0.1, 0.15) is 17.2 Å². The number of carbonyl (C=O) groups is 1. The lowest BCUT2D eigenvalue weighted by Gasteiger charge is -2.19. The number of carboxylic acids is 1. The highest BCUT2D eigenvalue weighted by Crippen LogP contribution is 2.18. The molecular formula is C19H22ClNO5. The van der Waals surface area contributed by atoms with Crippen molar-refractivity contribution in [3.8, 4) is 5.75 Å². The van der Waals surface area contributed by atoms with E-state index in [4.69, 9.17) is 21.4 Å². The number of nitrogens with one attached hydrogen (secondary N) is 1. The number of aliphatic hydroxyl groups is 2. The van der Waals surface area contributed by atoms with Crippen molar-refractivity contribution in [2.45, 2.75) is 18.6 Å². The third-order valence-electron chi connectivity index (χ3n) is 3.82. The second-order valence-corrected chi connectivity index (χ2v) is 6.33. The number of benzene rings is 2. The van der Waals surface area contributed by atoms with E-state index in [0.717, 1.165) is 5.56 Å². The third-order valence-corrected chi connectivity index (χ3v) is 4.06. The molecule has 2 aromatic carbocycles. The zero-order chi connectivity index (χ0) is 18.9. The SMILES string of the molecule is O=C(O)COc1ccc(CC(CO)NCC(O)c2cccc(Cl)c2)cc1. The average molecular weight is 380 g/mol. The summed E-state index contributed by atoms with van der Waals surface area (Å²) in [6, 6.07) is 13.8. The van der Waals surface area contributed by atoms with Crippen LogP contribution >= 0.6 is 11.6 Å². The monoisotopic (exact) mass is 379 g/mol. The fraction of sp³-hybridized carbons (Fsp3) is 0.316. The molecule has 7 heteroatoms. The molecule has 2 rings (SSSR count). The molecule has 2 unspecified atom stereocenters. The molecule has 0 radical (unpaired) electrons. The lowest BCUT2D eigenvalue weighted by atomic mass is 10.1. The van der Waals surface area contributed by atoms with Crippen molar-refractivity contribution in [2.75, 3.05) is 19.8 Å². The Bertz CT molecular complexity index is 707. The predicted octanol–water partition coefficient (Wildman–Crippen LogP) is 2.03. The van der Waals surface area contributed by atoms with Crippen molar-refractivity contribution in [3.05, 3.63) is 64.7 Å². The van der Waals surface area contributed by atoms with Crippen LogP contribution < -0.4 is 10.1 Å². The molecular weight excluding hydrogens is 358 g/mol. The molecule has 0 aliphatic heterocycles. The van der Waals surface area contributed by atoms with Crippen molar-refractivity contribution in [3.63, 3.8) is 0 Å². The number of hydrogen-bond donors (Lipinski definition) is 4. The van der Waals surface area contributed by atoms with Gasteiger partial charge in [0.1, 0.15) is 5.75 Å². The van der Waals surface area contributed by atoms with Crippen LogP contribution in [-0.4, -0.2) is 47.1 Å². The van der Waals surface area contributed by atoms with E-state index in [1.165, 1.54) is 0 Å². The van der Waals surface area contributed by atoms with E-state index in [0.29, 0.717) is 22.8 Å². The summed E-state index contributed by atoms with van der Waals surface area (Å²) in [5.41, 5.74) is 1.66. The fourth-order valence-corrected chi connectivity index (χ4v) is 2.66. The van der Waals surface area contributed by atoms with Crippen LogP contribution in [0.15, 0.2) is 48.5 Å². The number of aliphatic hydroxyl groups excluding tert-OH is 2. The molecule has 0 bridgehead atoms. The van der Waals surface area contributed by atoms with E-state index in [-0.39, 0.29) is 25.8 Å². The van der Waals surface area contributed by atoms with E-state index in [2.05, 4.69) is 5.32 Å². The molecule has 0 aliphatic carbocycles. The van der Waals surface area contributed by atoms with Crippen LogP contribution in [0.25, 0.3) is 0 Å². The highest BCUT2D eigenvalue weighted by Gasteiger charge is 2.13. The molecule has 0 amide bonds. The molecule has 0 saturated carbocycles. The van der Waals surface area contributed by atoms with Gasteiger partial charge in [0.25, 0.3) is 0 Å². The zero-order valence-corrected chi connectivity index (χ0v) is 14.9. The summed E-state index contributed by atoms with van der Waals surface area (Å²) in [4.78, 5) is 10.5. The lowest BCUT2D eigenvalue weighted by Crippen LogP contribution is -2.37. The number of halogens is 1. The van der Waals surface area contributed by atoms with Crippen LogP contribution in [0, 0.1) is 0 Å². The van der Waals surface area contributed by atoms with Gasteiger partial charge in [0, 0.05) is 17.6 Å². The Morgan fingerprint density at radius 1 is 1.19 bits per heavy atom. The second kappa shape index (κ2) is 10.1. The Morgan fingerprint density at radius 3 is 2.54 bits per heavy atom. The van der Waals surface area contributed by atoms with E-state index in [1.54, 1.807) is 36.4 Å². The van der Waals surface area contributed by atoms with E-state index in [9.17, 15) is 15.0 Å². The van der Waals surface area contributed by atoms with Gasteiger partial charge < -0.3 is 25.4 Å². The molecule has 26 heavy (non-hydrogen) atoms. The summed E-state index contributed by atoms with van der Waals surface area (Å²) in [6.07, 6.45) is -0.174. The minimum atomic E-state index is -1.03. The van der Waals surface area contributed by atoms with Gasteiger partial charge in [-0.15, -0.1) is 0 Å². The first-order valence-corrected chi connectivity index (χ1v) is 8.57. The molecule has 140 valence electrons. The number of ether oxygens (including phenoxy) is 1. The lowest BCUT2D eigenvalue weighted by molar-refractivity contribution is -0.139. The van der Waals surface area contributed by atoms with Crippen molar-refractivity contribution in [1.29, 1.82) is 0 Å². The van der Waals surface area contributed by atoms with Gasteiger partial charge in [0.05, 0.1) is 12.7 Å². The summed E-state index contributed by atoms with van der Waals surface area (Å²) >= 11 is 5.92. The van der Waals surface area contributed by atoms with E-state index < -0.39 is 12.1 Å². The first-order valence-electron chi connectivity index (χ1n) is 8.19. The maximum absolute atomic E-state index is 10.5. The first-order chi connectivity index (χ1) is 12.5. The topological polar surface area (TPSA) is 99.0 Å². The minimum Gasteiger partial charge on any atom is -0.482 e. The average Bonchev–Trinajstić information content (AvgIpc) is 2.64. The molecule has 0 fully saturated rings. The number of carboxylic acid groups (broad SMARTS) is 1. The molecule has 2 atom stereocenters. The first kappa shape index (κ1) is 20.2. The number of aliphatic carboxylic acids is 1. The van der Waals surface area contributed by atoms with Gasteiger partial charge in [-0.3, -0.25) is 0 Å². The van der Waals surface area contributed by atoms with Gasteiger partial charge in [-0.2, -0.15) is 0 Å². The van der Waals surface area contributed by atoms with Gasteiger partial charge in [-0.1, -0.05) is 35.9 Å². The summed E-state index contributed by atoms with van der Waals surface area (Å²) < 4.78 is 5.08. The maximum atomic E-state index is 10.5. The third kappa shape index (κ3) is 6.65. The van der Waals surface area contributed by atoms with Gasteiger partial charge in [-0.05, 0) is 41.8 Å². The van der Waals surface area contributed by atoms with E-state index in [1.807, 2.05) is 12.1 Å². The largest absolute Gasteiger partial charge is 0.482 e. The van der Waals surface area contributed by atoms with Gasteiger partial charge in [-0.25, -0.2) is 4.79 Å². The highest BCUT2D eigenvalue weighted by molar-refractivity contribution is 6.30. The minimum absolute atomic E-state index is 0.0838. The van der Waals surface area contributed by atoms with Crippen molar-refractivity contribution in [2.24, 2.45) is 0 Å². The quantitative estimate of drug-likeness (QED) is 0.504. The number of hydrogen-bond acceptors (Lipinski definition) is 5. The van der Waals surface area contributed by atoms with Gasteiger partial charge in [0.15, 0.2) is 6.61 Å². The Hall–Kier alpha value is -2.12. The number of rotatable bonds is 10. The highest BCUT2D eigenvalue weighted by atomic mass is 35.5. The predicted molar refractivity (Wildman–Crippen MR) is 98.6 cm³/mol. The Labute approximate surface area is 157 Å². The molecule has 0 spiro atoms. The molecule has 0 heterocycles. The van der Waals surface area contributed by atoms with Crippen molar-refractivity contribution < 1.29 is 24.9 Å². The van der Waals surface area contributed by atoms with Gasteiger partial charge in [0.2, 0.25) is 0 Å². The Morgan fingerprint density at radius 2 is 1.92 bits per heavy atom. The van der Waals surface area contributed by atoms with Gasteiger partial charge >= 0.3 is 5.97 Å². The molecule has 6 nitrogen and oxygen atoms in total. The molecule has 0 aromatic heterocycles. The smallest absolute Gasteiger partial charge is 0.341 e.